The standard InChI is InChI=1S/C21H35N3O/c1-18(22(2)3)21-7-9-23(10-8-21)16-19-5-4-6-20(15-19)17-24-11-13-25-14-12-24/h4-6,15,18,21H,7-14,16-17H2,1-3H3. The number of hydrogen-bond donors (Lipinski definition) is 0. The van der Waals surface area contributed by atoms with E-state index in [2.05, 4.69) is 60.0 Å². The van der Waals surface area contributed by atoms with Gasteiger partial charge in [-0.2, -0.15) is 0 Å². The Kier molecular flexibility index (Phi) is 6.88. The first kappa shape index (κ1) is 18.8. The van der Waals surface area contributed by atoms with Gasteiger partial charge in [-0.3, -0.25) is 9.80 Å². The highest BCUT2D eigenvalue weighted by molar-refractivity contribution is 5.23. The molecule has 2 aliphatic heterocycles. The van der Waals surface area contributed by atoms with Crippen LogP contribution < -0.4 is 0 Å². The molecule has 0 N–H and O–H groups in total. The Hall–Kier alpha value is -0.940. The highest BCUT2D eigenvalue weighted by Crippen LogP contribution is 2.24. The van der Waals surface area contributed by atoms with Crippen molar-refractivity contribution in [2.75, 3.05) is 53.5 Å². The van der Waals surface area contributed by atoms with Crippen molar-refractivity contribution in [2.45, 2.75) is 38.9 Å². The third-order valence-electron chi connectivity index (χ3n) is 6.04. The predicted molar refractivity (Wildman–Crippen MR) is 104 cm³/mol. The molecule has 1 atom stereocenters. The summed E-state index contributed by atoms with van der Waals surface area (Å²) >= 11 is 0. The van der Waals surface area contributed by atoms with Gasteiger partial charge >= 0.3 is 0 Å². The fraction of sp³-hybridized carbons (Fsp3) is 0.714. The number of benzene rings is 1. The lowest BCUT2D eigenvalue weighted by Crippen LogP contribution is -2.41. The lowest BCUT2D eigenvalue weighted by Gasteiger charge is -2.37. The average molecular weight is 346 g/mol. The largest absolute Gasteiger partial charge is 0.379 e. The van der Waals surface area contributed by atoms with Gasteiger partial charge in [-0.05, 0) is 64.0 Å². The van der Waals surface area contributed by atoms with Gasteiger partial charge in [0.15, 0.2) is 0 Å². The third-order valence-corrected chi connectivity index (χ3v) is 6.04. The topological polar surface area (TPSA) is 19.0 Å². The van der Waals surface area contributed by atoms with E-state index in [9.17, 15) is 0 Å². The van der Waals surface area contributed by atoms with E-state index in [-0.39, 0.29) is 0 Å². The van der Waals surface area contributed by atoms with Crippen molar-refractivity contribution >= 4 is 0 Å². The van der Waals surface area contributed by atoms with Crippen LogP contribution in [-0.4, -0.2) is 74.2 Å². The molecule has 4 heteroatoms. The zero-order valence-corrected chi connectivity index (χ0v) is 16.3. The molecule has 0 radical (unpaired) electrons. The lowest BCUT2D eigenvalue weighted by molar-refractivity contribution is 0.0342. The van der Waals surface area contributed by atoms with Crippen molar-refractivity contribution in [1.29, 1.82) is 0 Å². The molecular weight excluding hydrogens is 310 g/mol. The van der Waals surface area contributed by atoms with E-state index >= 15 is 0 Å². The Morgan fingerprint density at radius 1 is 1.00 bits per heavy atom. The van der Waals surface area contributed by atoms with Gasteiger partial charge in [-0.25, -0.2) is 0 Å². The van der Waals surface area contributed by atoms with Crippen molar-refractivity contribution in [3.05, 3.63) is 35.4 Å². The van der Waals surface area contributed by atoms with Gasteiger partial charge in [-0.15, -0.1) is 0 Å². The van der Waals surface area contributed by atoms with E-state index in [1.807, 2.05) is 0 Å². The van der Waals surface area contributed by atoms with Crippen LogP contribution in [0.5, 0.6) is 0 Å². The van der Waals surface area contributed by atoms with Crippen LogP contribution in [0, 0.1) is 5.92 Å². The molecule has 1 aromatic carbocycles. The molecule has 4 nitrogen and oxygen atoms in total. The summed E-state index contributed by atoms with van der Waals surface area (Å²) in [5.41, 5.74) is 2.90. The lowest BCUT2D eigenvalue weighted by atomic mass is 9.89. The molecular formula is C21H35N3O. The second-order valence-electron chi connectivity index (χ2n) is 8.03. The summed E-state index contributed by atoms with van der Waals surface area (Å²) in [6.45, 7) is 10.9. The number of rotatable bonds is 6. The van der Waals surface area contributed by atoms with Crippen LogP contribution in [0.3, 0.4) is 0 Å². The van der Waals surface area contributed by atoms with E-state index in [1.54, 1.807) is 0 Å². The van der Waals surface area contributed by atoms with E-state index in [1.165, 1.54) is 37.1 Å². The van der Waals surface area contributed by atoms with Crippen molar-refractivity contribution in [2.24, 2.45) is 5.92 Å². The number of likely N-dealkylation sites (tertiary alicyclic amines) is 1. The summed E-state index contributed by atoms with van der Waals surface area (Å²) in [4.78, 5) is 7.50. The van der Waals surface area contributed by atoms with Crippen LogP contribution in [-0.2, 0) is 17.8 Å². The van der Waals surface area contributed by atoms with Gasteiger partial charge in [0.2, 0.25) is 0 Å². The highest BCUT2D eigenvalue weighted by atomic mass is 16.5. The Balaban J connectivity index is 1.49. The zero-order chi connectivity index (χ0) is 17.6. The fourth-order valence-corrected chi connectivity index (χ4v) is 4.12. The molecule has 2 saturated heterocycles. The van der Waals surface area contributed by atoms with Crippen molar-refractivity contribution in [3.63, 3.8) is 0 Å². The van der Waals surface area contributed by atoms with E-state index in [4.69, 9.17) is 4.74 Å². The number of nitrogens with zero attached hydrogens (tertiary/aromatic N) is 3. The third kappa shape index (κ3) is 5.52. The van der Waals surface area contributed by atoms with Crippen LogP contribution in [0.1, 0.15) is 30.9 Å². The van der Waals surface area contributed by atoms with E-state index in [0.717, 1.165) is 45.3 Å². The quantitative estimate of drug-likeness (QED) is 0.789. The molecule has 1 aromatic rings. The van der Waals surface area contributed by atoms with Crippen molar-refractivity contribution in [3.8, 4) is 0 Å². The van der Waals surface area contributed by atoms with Crippen molar-refractivity contribution < 1.29 is 4.74 Å². The number of ether oxygens (including phenoxy) is 1. The number of hydrogen-bond acceptors (Lipinski definition) is 4. The number of morpholine rings is 1. The van der Waals surface area contributed by atoms with Gasteiger partial charge in [0, 0.05) is 32.2 Å². The molecule has 25 heavy (non-hydrogen) atoms. The second-order valence-corrected chi connectivity index (χ2v) is 8.03. The molecule has 0 amide bonds. The Morgan fingerprint density at radius 3 is 2.12 bits per heavy atom. The van der Waals surface area contributed by atoms with E-state index in [0.29, 0.717) is 6.04 Å². The van der Waals surface area contributed by atoms with Gasteiger partial charge in [-0.1, -0.05) is 24.3 Å². The van der Waals surface area contributed by atoms with Crippen molar-refractivity contribution in [1.82, 2.24) is 14.7 Å². The molecule has 0 aromatic heterocycles. The minimum absolute atomic E-state index is 0.694. The summed E-state index contributed by atoms with van der Waals surface area (Å²) < 4.78 is 5.45. The average Bonchev–Trinajstić information content (AvgIpc) is 2.63. The maximum Gasteiger partial charge on any atom is 0.0594 e. The minimum Gasteiger partial charge on any atom is -0.379 e. The monoisotopic (exact) mass is 345 g/mol. The Labute approximate surface area is 153 Å². The van der Waals surface area contributed by atoms with E-state index < -0.39 is 0 Å². The molecule has 140 valence electrons. The maximum atomic E-state index is 5.45. The number of piperidine rings is 1. The molecule has 0 aliphatic carbocycles. The maximum absolute atomic E-state index is 5.45. The van der Waals surface area contributed by atoms with Crippen LogP contribution in [0.4, 0.5) is 0 Å². The summed E-state index contributed by atoms with van der Waals surface area (Å²) in [6.07, 6.45) is 2.65. The second kappa shape index (κ2) is 9.13. The highest BCUT2D eigenvalue weighted by Gasteiger charge is 2.24. The van der Waals surface area contributed by atoms with Gasteiger partial charge < -0.3 is 9.64 Å². The molecule has 3 rings (SSSR count). The smallest absolute Gasteiger partial charge is 0.0594 e. The summed E-state index contributed by atoms with van der Waals surface area (Å²) in [7, 11) is 4.41. The minimum atomic E-state index is 0.694. The zero-order valence-electron chi connectivity index (χ0n) is 16.3. The first-order valence-electron chi connectivity index (χ1n) is 9.88. The first-order chi connectivity index (χ1) is 12.1. The summed E-state index contributed by atoms with van der Waals surface area (Å²) in [6, 6.07) is 9.89. The predicted octanol–water partition coefficient (Wildman–Crippen LogP) is 2.68. The van der Waals surface area contributed by atoms with Gasteiger partial charge in [0.1, 0.15) is 0 Å². The van der Waals surface area contributed by atoms with Crippen LogP contribution >= 0.6 is 0 Å². The molecule has 2 heterocycles. The molecule has 2 aliphatic rings. The first-order valence-corrected chi connectivity index (χ1v) is 9.88. The molecule has 2 fully saturated rings. The van der Waals surface area contributed by atoms with Crippen LogP contribution in [0.2, 0.25) is 0 Å². The SMILES string of the molecule is CC(C1CCN(Cc2cccc(CN3CCOCC3)c2)CC1)N(C)C. The van der Waals surface area contributed by atoms with Crippen LogP contribution in [0.25, 0.3) is 0 Å². The summed E-state index contributed by atoms with van der Waals surface area (Å²) in [5.74, 6) is 0.846. The summed E-state index contributed by atoms with van der Waals surface area (Å²) in [5, 5.41) is 0. The Bertz CT molecular complexity index is 520. The fourth-order valence-electron chi connectivity index (χ4n) is 4.12. The Morgan fingerprint density at radius 2 is 1.56 bits per heavy atom. The molecule has 0 saturated carbocycles. The molecule has 0 spiro atoms. The molecule has 0 bridgehead atoms. The molecule has 1 unspecified atom stereocenters. The normalized spacial score (nSPS) is 22.4. The van der Waals surface area contributed by atoms with Crippen LogP contribution in [0.15, 0.2) is 24.3 Å². The van der Waals surface area contributed by atoms with Gasteiger partial charge in [0.25, 0.3) is 0 Å². The van der Waals surface area contributed by atoms with Gasteiger partial charge in [0.05, 0.1) is 13.2 Å².